The van der Waals surface area contributed by atoms with E-state index in [1.54, 1.807) is 0 Å². The number of benzene rings is 1. The van der Waals surface area contributed by atoms with Gasteiger partial charge in [0, 0.05) is 12.6 Å². The molecular weight excluding hydrogens is 458 g/mol. The molecule has 6 nitrogen and oxygen atoms in total. The lowest BCUT2D eigenvalue weighted by Crippen LogP contribution is -2.26. The molecule has 3 heterocycles. The van der Waals surface area contributed by atoms with Crippen LogP contribution in [0.2, 0.25) is 0 Å². The average molecular weight is 477 g/mol. The van der Waals surface area contributed by atoms with Gasteiger partial charge < -0.3 is 10.3 Å². The van der Waals surface area contributed by atoms with Crippen molar-refractivity contribution in [3.8, 4) is 0 Å². The van der Waals surface area contributed by atoms with Gasteiger partial charge in [-0.2, -0.15) is 13.2 Å². The van der Waals surface area contributed by atoms with Gasteiger partial charge in [0.25, 0.3) is 5.91 Å². The number of para-hydroxylation sites is 2. The third-order valence-electron chi connectivity index (χ3n) is 4.89. The van der Waals surface area contributed by atoms with Crippen molar-refractivity contribution in [2.75, 3.05) is 0 Å². The number of carbonyl (C=O) groups is 1. The topological polar surface area (TPSA) is 83.6 Å². The van der Waals surface area contributed by atoms with Crippen LogP contribution in [0.5, 0.6) is 0 Å². The van der Waals surface area contributed by atoms with Gasteiger partial charge in [-0.15, -0.1) is 11.3 Å². The van der Waals surface area contributed by atoms with Gasteiger partial charge >= 0.3 is 6.18 Å². The molecule has 1 aromatic carbocycles. The average Bonchev–Trinajstić information content (AvgIpc) is 3.40. The van der Waals surface area contributed by atoms with Gasteiger partial charge in [-0.3, -0.25) is 9.78 Å². The fraction of sp³-hybridized carbons (Fsp3) is 0.273. The molecule has 0 fully saturated rings. The number of H-pyrrole nitrogens is 1. The minimum Gasteiger partial charge on any atom is -0.345 e. The molecule has 11 heteroatoms. The Morgan fingerprint density at radius 1 is 1.06 bits per heavy atom. The van der Waals surface area contributed by atoms with Crippen molar-refractivity contribution in [3.63, 3.8) is 0 Å². The Morgan fingerprint density at radius 3 is 2.61 bits per heavy atom. The molecular formula is C22H19F4N5OS. The van der Waals surface area contributed by atoms with Gasteiger partial charge in [-0.25, -0.2) is 14.4 Å². The zero-order chi connectivity index (χ0) is 23.4. The number of alkyl halides is 3. The number of hydrogen-bond acceptors (Lipinski definition) is 5. The third-order valence-corrected chi connectivity index (χ3v) is 6.05. The minimum absolute atomic E-state index is 0.0690. The molecule has 4 aromatic rings. The maximum Gasteiger partial charge on any atom is 0.427 e. The summed E-state index contributed by atoms with van der Waals surface area (Å²) in [6.45, 7) is -0.340. The van der Waals surface area contributed by atoms with E-state index >= 15 is 0 Å². The number of pyridine rings is 1. The molecule has 0 aliphatic heterocycles. The van der Waals surface area contributed by atoms with Gasteiger partial charge in [-0.05, 0) is 43.5 Å². The number of halogens is 4. The molecule has 0 aliphatic carbocycles. The van der Waals surface area contributed by atoms with E-state index in [1.165, 1.54) is 12.3 Å². The van der Waals surface area contributed by atoms with Crippen LogP contribution in [0.15, 0.2) is 42.6 Å². The largest absolute Gasteiger partial charge is 0.427 e. The number of aromatic amines is 1. The predicted octanol–water partition coefficient (Wildman–Crippen LogP) is 5.07. The van der Waals surface area contributed by atoms with Gasteiger partial charge in [0.1, 0.15) is 16.5 Å². The van der Waals surface area contributed by atoms with Gasteiger partial charge in [0.05, 0.1) is 28.3 Å². The summed E-state index contributed by atoms with van der Waals surface area (Å²) in [6.07, 6.45) is -1.15. The second-order valence-corrected chi connectivity index (χ2v) is 8.39. The summed E-state index contributed by atoms with van der Waals surface area (Å²) in [5.74, 6) is -0.859. The van der Waals surface area contributed by atoms with Crippen LogP contribution >= 0.6 is 11.3 Å². The first kappa shape index (κ1) is 22.8. The van der Waals surface area contributed by atoms with Crippen molar-refractivity contribution < 1.29 is 22.4 Å². The molecule has 4 rings (SSSR count). The minimum atomic E-state index is -4.72. The van der Waals surface area contributed by atoms with E-state index in [0.29, 0.717) is 37.0 Å². The van der Waals surface area contributed by atoms with Crippen molar-refractivity contribution in [2.24, 2.45) is 0 Å². The fourth-order valence-electron chi connectivity index (χ4n) is 3.31. The van der Waals surface area contributed by atoms with Crippen molar-refractivity contribution in [1.82, 2.24) is 25.3 Å². The van der Waals surface area contributed by atoms with E-state index in [2.05, 4.69) is 25.3 Å². The zero-order valence-corrected chi connectivity index (χ0v) is 18.1. The second-order valence-electron chi connectivity index (χ2n) is 7.31. The molecule has 0 saturated heterocycles. The van der Waals surface area contributed by atoms with E-state index in [9.17, 15) is 22.4 Å². The first-order valence-corrected chi connectivity index (χ1v) is 11.0. The Kier molecular flexibility index (Phi) is 6.68. The van der Waals surface area contributed by atoms with Crippen LogP contribution < -0.4 is 5.32 Å². The van der Waals surface area contributed by atoms with Gasteiger partial charge in [-0.1, -0.05) is 12.1 Å². The number of hydrogen-bond donors (Lipinski definition) is 2. The van der Waals surface area contributed by atoms with E-state index in [4.69, 9.17) is 0 Å². The van der Waals surface area contributed by atoms with Crippen LogP contribution in [-0.2, 0) is 25.6 Å². The number of imidazole rings is 1. The summed E-state index contributed by atoms with van der Waals surface area (Å²) in [7, 11) is 0. The highest BCUT2D eigenvalue weighted by Crippen LogP contribution is 2.37. The first-order chi connectivity index (χ1) is 15.8. The number of fused-ring (bicyclic) bond motifs is 1. The molecule has 0 saturated carbocycles. The van der Waals surface area contributed by atoms with Crippen LogP contribution in [0.25, 0.3) is 11.0 Å². The Balaban J connectivity index is 1.38. The standard InChI is InChI=1S/C22H19F4N5OS/c23-13-6-5-11-27-16(13)12-28-21(32)19-20(22(24,25)26)33-18(31-19)10-4-3-9-17-29-14-7-1-2-8-15(14)30-17/h1-2,5-8,11H,3-4,9-10,12H2,(H,28,32)(H,29,30). The molecule has 3 aromatic heterocycles. The smallest absolute Gasteiger partial charge is 0.345 e. The fourth-order valence-corrected chi connectivity index (χ4v) is 4.28. The van der Waals surface area contributed by atoms with Crippen molar-refractivity contribution in [2.45, 2.75) is 38.4 Å². The van der Waals surface area contributed by atoms with E-state index in [0.717, 1.165) is 22.9 Å². The van der Waals surface area contributed by atoms with Gasteiger partial charge in [0.2, 0.25) is 0 Å². The molecule has 33 heavy (non-hydrogen) atoms. The number of thiazole rings is 1. The highest BCUT2D eigenvalue weighted by atomic mass is 32.1. The summed E-state index contributed by atoms with van der Waals surface area (Å²) in [5.41, 5.74) is 1.03. The van der Waals surface area contributed by atoms with E-state index in [-0.39, 0.29) is 17.2 Å². The molecule has 0 bridgehead atoms. The molecule has 2 N–H and O–H groups in total. The number of nitrogens with zero attached hydrogens (tertiary/aromatic N) is 3. The number of amides is 1. The number of rotatable bonds is 8. The summed E-state index contributed by atoms with van der Waals surface area (Å²) in [5, 5.41) is 2.50. The molecule has 0 atom stereocenters. The lowest BCUT2D eigenvalue weighted by Gasteiger charge is -2.07. The Morgan fingerprint density at radius 2 is 1.85 bits per heavy atom. The molecule has 0 unspecified atom stereocenters. The normalized spacial score (nSPS) is 11.8. The lowest BCUT2D eigenvalue weighted by atomic mass is 10.2. The summed E-state index contributed by atoms with van der Waals surface area (Å²) >= 11 is 0.460. The van der Waals surface area contributed by atoms with Crippen molar-refractivity contribution in [1.29, 1.82) is 0 Å². The number of aromatic nitrogens is 4. The molecule has 0 spiro atoms. The van der Waals surface area contributed by atoms with Crippen LogP contribution in [0, 0.1) is 5.82 Å². The van der Waals surface area contributed by atoms with Crippen LogP contribution in [0.1, 0.15) is 44.7 Å². The second kappa shape index (κ2) is 9.65. The molecule has 0 radical (unpaired) electrons. The highest BCUT2D eigenvalue weighted by molar-refractivity contribution is 7.12. The highest BCUT2D eigenvalue weighted by Gasteiger charge is 2.39. The maximum atomic E-state index is 13.7. The monoisotopic (exact) mass is 477 g/mol. The van der Waals surface area contributed by atoms with Crippen LogP contribution in [0.3, 0.4) is 0 Å². The molecule has 1 amide bonds. The Bertz CT molecular complexity index is 1230. The Hall–Kier alpha value is -3.34. The number of unbranched alkanes of at least 4 members (excludes halogenated alkanes) is 1. The summed E-state index contributed by atoms with van der Waals surface area (Å²) in [6, 6.07) is 10.2. The maximum absolute atomic E-state index is 13.7. The SMILES string of the molecule is O=C(NCc1ncccc1F)c1nc(CCCCc2nc3ccccc3[nH]2)sc1C(F)(F)F. The van der Waals surface area contributed by atoms with Gasteiger partial charge in [0.15, 0.2) is 5.69 Å². The van der Waals surface area contributed by atoms with Crippen LogP contribution in [-0.4, -0.2) is 25.8 Å². The predicted molar refractivity (Wildman–Crippen MR) is 115 cm³/mol. The first-order valence-electron chi connectivity index (χ1n) is 10.2. The Labute approximate surface area is 190 Å². The molecule has 172 valence electrons. The summed E-state index contributed by atoms with van der Waals surface area (Å²) in [4.78, 5) is 26.7. The van der Waals surface area contributed by atoms with Crippen molar-refractivity contribution >= 4 is 28.3 Å². The lowest BCUT2D eigenvalue weighted by molar-refractivity contribution is -0.134. The summed E-state index contributed by atoms with van der Waals surface area (Å²) < 4.78 is 54.1. The molecule has 0 aliphatic rings. The van der Waals surface area contributed by atoms with E-state index < -0.39 is 28.5 Å². The van der Waals surface area contributed by atoms with Crippen molar-refractivity contribution in [3.05, 3.63) is 75.5 Å². The zero-order valence-electron chi connectivity index (χ0n) is 17.2. The quantitative estimate of drug-likeness (QED) is 0.274. The van der Waals surface area contributed by atoms with Crippen LogP contribution in [0.4, 0.5) is 17.6 Å². The third kappa shape index (κ3) is 5.54. The number of carbonyl (C=O) groups excluding carboxylic acids is 1. The van der Waals surface area contributed by atoms with E-state index in [1.807, 2.05) is 24.3 Å². The number of aryl methyl sites for hydroxylation is 2. The number of nitrogens with one attached hydrogen (secondary N) is 2.